The highest BCUT2D eigenvalue weighted by atomic mass is 19.1. The van der Waals surface area contributed by atoms with E-state index in [1.807, 2.05) is 18.5 Å². The van der Waals surface area contributed by atoms with Crippen molar-refractivity contribution in [1.82, 2.24) is 15.1 Å². The number of rotatable bonds is 5. The van der Waals surface area contributed by atoms with Gasteiger partial charge in [0.05, 0.1) is 12.7 Å². The third-order valence-electron chi connectivity index (χ3n) is 2.95. The van der Waals surface area contributed by atoms with Gasteiger partial charge in [0, 0.05) is 23.4 Å². The smallest absolute Gasteiger partial charge is 0.128 e. The second kappa shape index (κ2) is 5.78. The van der Waals surface area contributed by atoms with Gasteiger partial charge >= 0.3 is 0 Å². The fraction of sp³-hybridized carbons (Fsp3) is 0.357. The lowest BCUT2D eigenvalue weighted by Crippen LogP contribution is -2.17. The molecule has 0 bridgehead atoms. The minimum absolute atomic E-state index is 0.186. The van der Waals surface area contributed by atoms with E-state index in [9.17, 15) is 4.39 Å². The van der Waals surface area contributed by atoms with Crippen molar-refractivity contribution in [3.05, 3.63) is 53.6 Å². The van der Waals surface area contributed by atoms with Crippen LogP contribution in [0.4, 0.5) is 4.39 Å². The van der Waals surface area contributed by atoms with Gasteiger partial charge in [0.15, 0.2) is 0 Å². The van der Waals surface area contributed by atoms with E-state index in [0.29, 0.717) is 12.1 Å². The van der Waals surface area contributed by atoms with Crippen molar-refractivity contribution in [3.63, 3.8) is 0 Å². The van der Waals surface area contributed by atoms with Crippen molar-refractivity contribution in [2.75, 3.05) is 6.54 Å². The van der Waals surface area contributed by atoms with Crippen LogP contribution >= 0.6 is 0 Å². The standard InChI is InChI=1S/C14H18FN3/c1-3-16-11(2)13-8-17-18(10-13)9-12-6-4-5-7-14(12)15/h4-8,10-11,16H,3,9H2,1-2H3. The van der Waals surface area contributed by atoms with Gasteiger partial charge in [0.2, 0.25) is 0 Å². The average molecular weight is 247 g/mol. The zero-order valence-electron chi connectivity index (χ0n) is 10.7. The van der Waals surface area contributed by atoms with Crippen LogP contribution in [0.25, 0.3) is 0 Å². The van der Waals surface area contributed by atoms with E-state index in [4.69, 9.17) is 0 Å². The number of benzene rings is 1. The van der Waals surface area contributed by atoms with Crippen LogP contribution in [0.1, 0.15) is 31.0 Å². The van der Waals surface area contributed by atoms with E-state index in [1.54, 1.807) is 16.8 Å². The van der Waals surface area contributed by atoms with Gasteiger partial charge in [-0.15, -0.1) is 0 Å². The maximum Gasteiger partial charge on any atom is 0.128 e. The molecule has 0 aliphatic heterocycles. The molecule has 0 spiro atoms. The lowest BCUT2D eigenvalue weighted by atomic mass is 10.2. The lowest BCUT2D eigenvalue weighted by molar-refractivity contribution is 0.581. The van der Waals surface area contributed by atoms with Crippen molar-refractivity contribution >= 4 is 0 Å². The Bertz CT molecular complexity index is 507. The fourth-order valence-corrected chi connectivity index (χ4v) is 1.91. The molecule has 0 aliphatic rings. The Morgan fingerprint density at radius 1 is 1.39 bits per heavy atom. The number of hydrogen-bond donors (Lipinski definition) is 1. The predicted octanol–water partition coefficient (Wildman–Crippen LogP) is 2.74. The molecule has 0 saturated carbocycles. The number of hydrogen-bond acceptors (Lipinski definition) is 2. The van der Waals surface area contributed by atoms with Gasteiger partial charge in [-0.05, 0) is 19.5 Å². The molecule has 0 aliphatic carbocycles. The predicted molar refractivity (Wildman–Crippen MR) is 69.8 cm³/mol. The molecular formula is C14H18FN3. The van der Waals surface area contributed by atoms with Crippen molar-refractivity contribution < 1.29 is 4.39 Å². The minimum atomic E-state index is -0.186. The maximum absolute atomic E-state index is 13.5. The summed E-state index contributed by atoms with van der Waals surface area (Å²) in [5, 5.41) is 7.59. The summed E-state index contributed by atoms with van der Waals surface area (Å²) in [6.45, 7) is 5.54. The number of nitrogens with zero attached hydrogens (tertiary/aromatic N) is 2. The highest BCUT2D eigenvalue weighted by Crippen LogP contribution is 2.13. The molecule has 1 N–H and O–H groups in total. The van der Waals surface area contributed by atoms with E-state index in [-0.39, 0.29) is 11.9 Å². The molecular weight excluding hydrogens is 229 g/mol. The summed E-state index contributed by atoms with van der Waals surface area (Å²) in [5.41, 5.74) is 1.77. The summed E-state index contributed by atoms with van der Waals surface area (Å²) in [7, 11) is 0. The van der Waals surface area contributed by atoms with E-state index in [0.717, 1.165) is 12.1 Å². The Hall–Kier alpha value is -1.68. The maximum atomic E-state index is 13.5. The number of aromatic nitrogens is 2. The molecule has 0 amide bonds. The highest BCUT2D eigenvalue weighted by Gasteiger charge is 2.08. The summed E-state index contributed by atoms with van der Waals surface area (Å²) in [6.07, 6.45) is 3.79. The van der Waals surface area contributed by atoms with Gasteiger partial charge in [-0.1, -0.05) is 25.1 Å². The Labute approximate surface area is 107 Å². The molecule has 0 saturated heterocycles. The van der Waals surface area contributed by atoms with E-state index < -0.39 is 0 Å². The van der Waals surface area contributed by atoms with Crippen LogP contribution in [-0.2, 0) is 6.54 Å². The molecule has 2 rings (SSSR count). The first-order valence-electron chi connectivity index (χ1n) is 6.20. The van der Waals surface area contributed by atoms with E-state index in [2.05, 4.69) is 24.3 Å². The van der Waals surface area contributed by atoms with Crippen LogP contribution in [0, 0.1) is 5.82 Å². The second-order valence-corrected chi connectivity index (χ2v) is 4.34. The Morgan fingerprint density at radius 3 is 2.89 bits per heavy atom. The highest BCUT2D eigenvalue weighted by molar-refractivity contribution is 5.18. The number of halogens is 1. The molecule has 1 atom stereocenters. The van der Waals surface area contributed by atoms with Crippen LogP contribution < -0.4 is 5.32 Å². The SMILES string of the molecule is CCNC(C)c1cnn(Cc2ccccc2F)c1. The largest absolute Gasteiger partial charge is 0.310 e. The summed E-state index contributed by atoms with van der Waals surface area (Å²) in [6, 6.07) is 7.06. The zero-order valence-corrected chi connectivity index (χ0v) is 10.7. The van der Waals surface area contributed by atoms with Gasteiger partial charge in [0.1, 0.15) is 5.82 Å². The number of nitrogens with one attached hydrogen (secondary N) is 1. The molecule has 0 radical (unpaired) electrons. The Kier molecular flexibility index (Phi) is 4.10. The monoisotopic (exact) mass is 247 g/mol. The van der Waals surface area contributed by atoms with E-state index >= 15 is 0 Å². The zero-order chi connectivity index (χ0) is 13.0. The summed E-state index contributed by atoms with van der Waals surface area (Å²) in [5.74, 6) is -0.186. The summed E-state index contributed by atoms with van der Waals surface area (Å²) < 4.78 is 15.3. The van der Waals surface area contributed by atoms with Gasteiger partial charge in [0.25, 0.3) is 0 Å². The Balaban J connectivity index is 2.09. The molecule has 18 heavy (non-hydrogen) atoms. The molecule has 4 heteroatoms. The molecule has 1 heterocycles. The molecule has 1 aromatic carbocycles. The molecule has 1 unspecified atom stereocenters. The summed E-state index contributed by atoms with van der Waals surface area (Å²) in [4.78, 5) is 0. The second-order valence-electron chi connectivity index (χ2n) is 4.34. The van der Waals surface area contributed by atoms with Crippen molar-refractivity contribution in [2.45, 2.75) is 26.4 Å². The lowest BCUT2D eigenvalue weighted by Gasteiger charge is -2.09. The first-order chi connectivity index (χ1) is 8.70. The minimum Gasteiger partial charge on any atom is -0.310 e. The third-order valence-corrected chi connectivity index (χ3v) is 2.95. The van der Waals surface area contributed by atoms with E-state index in [1.165, 1.54) is 6.07 Å². The van der Waals surface area contributed by atoms with Crippen molar-refractivity contribution in [1.29, 1.82) is 0 Å². The molecule has 2 aromatic rings. The summed E-state index contributed by atoms with van der Waals surface area (Å²) >= 11 is 0. The van der Waals surface area contributed by atoms with Gasteiger partial charge < -0.3 is 5.32 Å². The Morgan fingerprint density at radius 2 is 2.17 bits per heavy atom. The van der Waals surface area contributed by atoms with Crippen LogP contribution in [-0.4, -0.2) is 16.3 Å². The van der Waals surface area contributed by atoms with Gasteiger partial charge in [-0.2, -0.15) is 5.10 Å². The third kappa shape index (κ3) is 2.96. The fourth-order valence-electron chi connectivity index (χ4n) is 1.91. The molecule has 96 valence electrons. The first kappa shape index (κ1) is 12.8. The first-order valence-corrected chi connectivity index (χ1v) is 6.20. The van der Waals surface area contributed by atoms with Crippen LogP contribution in [0.15, 0.2) is 36.7 Å². The average Bonchev–Trinajstić information content (AvgIpc) is 2.81. The molecule has 3 nitrogen and oxygen atoms in total. The molecule has 0 fully saturated rings. The van der Waals surface area contributed by atoms with Crippen molar-refractivity contribution in [3.8, 4) is 0 Å². The topological polar surface area (TPSA) is 29.9 Å². The normalized spacial score (nSPS) is 12.6. The van der Waals surface area contributed by atoms with Crippen LogP contribution in [0.3, 0.4) is 0 Å². The van der Waals surface area contributed by atoms with Crippen molar-refractivity contribution in [2.24, 2.45) is 0 Å². The van der Waals surface area contributed by atoms with Gasteiger partial charge in [-0.3, -0.25) is 4.68 Å². The van der Waals surface area contributed by atoms with Gasteiger partial charge in [-0.25, -0.2) is 4.39 Å². The quantitative estimate of drug-likeness (QED) is 0.880. The van der Waals surface area contributed by atoms with Crippen LogP contribution in [0.5, 0.6) is 0 Å². The molecule has 1 aromatic heterocycles. The van der Waals surface area contributed by atoms with Crippen LogP contribution in [0.2, 0.25) is 0 Å².